The predicted octanol–water partition coefficient (Wildman–Crippen LogP) is 5.30. The quantitative estimate of drug-likeness (QED) is 0.567. The molecule has 1 N–H and O–H groups in total. The van der Waals surface area contributed by atoms with Gasteiger partial charge >= 0.3 is 0 Å². The standard InChI is InChI=1S/C12H22O2.C12H20O2/c2*1-12(2,8-9-13)11(14)10-6-4-3-5-7-10/h10,13H,3-9H2,1-2H3;9-10H,3-8H2,1-2H3. The first-order valence-electron chi connectivity index (χ1n) is 11.3. The van der Waals surface area contributed by atoms with Gasteiger partial charge < -0.3 is 9.90 Å². The SMILES string of the molecule is CC(C)(CC=O)C(=O)C1CCCCC1.CC(C)(CCO)C(=O)C1CCCCC1. The summed E-state index contributed by atoms with van der Waals surface area (Å²) >= 11 is 0. The van der Waals surface area contributed by atoms with Crippen LogP contribution in [0.25, 0.3) is 0 Å². The van der Waals surface area contributed by atoms with E-state index in [1.165, 1.54) is 38.5 Å². The Bertz CT molecular complexity index is 495. The van der Waals surface area contributed by atoms with Crippen molar-refractivity contribution in [3.05, 3.63) is 0 Å². The van der Waals surface area contributed by atoms with Crippen molar-refractivity contribution in [2.24, 2.45) is 22.7 Å². The summed E-state index contributed by atoms with van der Waals surface area (Å²) in [5.74, 6) is 1.15. The second-order valence-electron chi connectivity index (χ2n) is 10.0. The Kier molecular flexibility index (Phi) is 10.6. The zero-order chi connectivity index (χ0) is 21.2. The van der Waals surface area contributed by atoms with Gasteiger partial charge in [0, 0.05) is 35.7 Å². The maximum atomic E-state index is 12.1. The normalized spacial score (nSPS) is 19.5. The van der Waals surface area contributed by atoms with Crippen LogP contribution in [0.5, 0.6) is 0 Å². The highest BCUT2D eigenvalue weighted by Gasteiger charge is 2.34. The minimum atomic E-state index is -0.441. The summed E-state index contributed by atoms with van der Waals surface area (Å²) < 4.78 is 0. The fraction of sp³-hybridized carbons (Fsp3) is 0.875. The third-order valence-electron chi connectivity index (χ3n) is 6.62. The lowest BCUT2D eigenvalue weighted by molar-refractivity contribution is -0.134. The first-order valence-corrected chi connectivity index (χ1v) is 11.3. The molecule has 0 spiro atoms. The molecule has 0 unspecified atom stereocenters. The highest BCUT2D eigenvalue weighted by molar-refractivity contribution is 5.88. The molecule has 2 fully saturated rings. The number of aldehydes is 1. The summed E-state index contributed by atoms with van der Waals surface area (Å²) in [6.07, 6.45) is 13.3. The van der Waals surface area contributed by atoms with Gasteiger partial charge in [0.25, 0.3) is 0 Å². The number of rotatable bonds is 8. The third-order valence-corrected chi connectivity index (χ3v) is 6.62. The Morgan fingerprint density at radius 3 is 1.54 bits per heavy atom. The lowest BCUT2D eigenvalue weighted by Crippen LogP contribution is -2.32. The second kappa shape index (κ2) is 11.8. The minimum Gasteiger partial charge on any atom is -0.396 e. The molecule has 0 aromatic carbocycles. The molecule has 28 heavy (non-hydrogen) atoms. The monoisotopic (exact) mass is 394 g/mol. The summed E-state index contributed by atoms with van der Waals surface area (Å²) in [5, 5.41) is 8.90. The van der Waals surface area contributed by atoms with Gasteiger partial charge in [-0.1, -0.05) is 66.2 Å². The van der Waals surface area contributed by atoms with Gasteiger partial charge in [-0.25, -0.2) is 0 Å². The van der Waals surface area contributed by atoms with E-state index in [1.54, 1.807) is 0 Å². The van der Waals surface area contributed by atoms with E-state index < -0.39 is 5.41 Å². The smallest absolute Gasteiger partial charge is 0.141 e. The van der Waals surface area contributed by atoms with Gasteiger partial charge in [0.1, 0.15) is 17.9 Å². The Morgan fingerprint density at radius 1 is 0.786 bits per heavy atom. The van der Waals surface area contributed by atoms with Crippen LogP contribution in [0, 0.1) is 22.7 Å². The summed E-state index contributed by atoms with van der Waals surface area (Å²) in [7, 11) is 0. The number of hydrogen-bond donors (Lipinski definition) is 1. The fourth-order valence-electron chi connectivity index (χ4n) is 4.55. The molecule has 0 aromatic heterocycles. The molecule has 0 atom stereocenters. The van der Waals surface area contributed by atoms with Crippen LogP contribution >= 0.6 is 0 Å². The van der Waals surface area contributed by atoms with Crippen LogP contribution in [0.1, 0.15) is 105 Å². The maximum Gasteiger partial charge on any atom is 0.141 e. The highest BCUT2D eigenvalue weighted by atomic mass is 16.3. The molecule has 2 aliphatic rings. The van der Waals surface area contributed by atoms with E-state index in [2.05, 4.69) is 0 Å². The Labute approximate surface area is 171 Å². The van der Waals surface area contributed by atoms with Crippen LogP contribution in [-0.2, 0) is 14.4 Å². The van der Waals surface area contributed by atoms with Gasteiger partial charge in [0.15, 0.2) is 0 Å². The number of carbonyl (C=O) groups is 3. The summed E-state index contributed by atoms with van der Waals surface area (Å²) in [6.45, 7) is 7.81. The molecule has 162 valence electrons. The molecule has 4 heteroatoms. The number of hydrogen-bond acceptors (Lipinski definition) is 4. The van der Waals surface area contributed by atoms with Crippen molar-refractivity contribution in [1.29, 1.82) is 0 Å². The molecule has 2 aliphatic carbocycles. The predicted molar refractivity (Wildman–Crippen MR) is 113 cm³/mol. The average Bonchev–Trinajstić information content (AvgIpc) is 2.68. The molecule has 0 aromatic rings. The maximum absolute atomic E-state index is 12.1. The third kappa shape index (κ3) is 7.77. The number of carbonyl (C=O) groups excluding carboxylic acids is 3. The molecular weight excluding hydrogens is 352 g/mol. The van der Waals surface area contributed by atoms with E-state index in [0.717, 1.165) is 32.0 Å². The van der Waals surface area contributed by atoms with Gasteiger partial charge in [-0.05, 0) is 32.1 Å². The van der Waals surface area contributed by atoms with Crippen molar-refractivity contribution in [2.75, 3.05) is 6.61 Å². The lowest BCUT2D eigenvalue weighted by Gasteiger charge is -2.29. The van der Waals surface area contributed by atoms with Crippen molar-refractivity contribution in [3.8, 4) is 0 Å². The topological polar surface area (TPSA) is 71.4 Å². The minimum absolute atomic E-state index is 0.117. The number of aliphatic hydroxyl groups excluding tert-OH is 1. The fourth-order valence-corrected chi connectivity index (χ4v) is 4.55. The van der Waals surface area contributed by atoms with E-state index >= 15 is 0 Å². The lowest BCUT2D eigenvalue weighted by atomic mass is 9.74. The molecule has 0 amide bonds. The van der Waals surface area contributed by atoms with E-state index in [4.69, 9.17) is 5.11 Å². The van der Waals surface area contributed by atoms with Crippen molar-refractivity contribution < 1.29 is 19.5 Å². The molecule has 4 nitrogen and oxygen atoms in total. The Hall–Kier alpha value is -1.03. The van der Waals surface area contributed by atoms with Crippen molar-refractivity contribution in [1.82, 2.24) is 0 Å². The van der Waals surface area contributed by atoms with Crippen LogP contribution in [0.3, 0.4) is 0 Å². The van der Waals surface area contributed by atoms with Gasteiger partial charge in [-0.3, -0.25) is 9.59 Å². The molecule has 0 heterocycles. The number of aliphatic hydroxyl groups is 1. The Balaban J connectivity index is 0.000000280. The second-order valence-corrected chi connectivity index (χ2v) is 10.0. The van der Waals surface area contributed by atoms with Gasteiger partial charge in [0.2, 0.25) is 0 Å². The van der Waals surface area contributed by atoms with Crippen LogP contribution in [-0.4, -0.2) is 29.6 Å². The largest absolute Gasteiger partial charge is 0.396 e. The van der Waals surface area contributed by atoms with E-state index in [0.29, 0.717) is 24.4 Å². The van der Waals surface area contributed by atoms with E-state index in [1.807, 2.05) is 27.7 Å². The van der Waals surface area contributed by atoms with Crippen LogP contribution in [0.2, 0.25) is 0 Å². The molecule has 0 aliphatic heterocycles. The van der Waals surface area contributed by atoms with Gasteiger partial charge in [0.05, 0.1) is 0 Å². The first kappa shape index (κ1) is 25.0. The summed E-state index contributed by atoms with van der Waals surface area (Å²) in [4.78, 5) is 34.6. The zero-order valence-electron chi connectivity index (χ0n) is 18.6. The first-order chi connectivity index (χ1) is 13.2. The summed E-state index contributed by atoms with van der Waals surface area (Å²) in [6, 6.07) is 0. The number of ketones is 2. The Morgan fingerprint density at radius 2 is 1.18 bits per heavy atom. The van der Waals surface area contributed by atoms with E-state index in [9.17, 15) is 14.4 Å². The highest BCUT2D eigenvalue weighted by Crippen LogP contribution is 2.34. The van der Waals surface area contributed by atoms with Crippen LogP contribution < -0.4 is 0 Å². The van der Waals surface area contributed by atoms with Gasteiger partial charge in [-0.15, -0.1) is 0 Å². The number of Topliss-reactive ketones (excluding diaryl/α,β-unsaturated/α-hetero) is 2. The molecule has 0 bridgehead atoms. The average molecular weight is 395 g/mol. The summed E-state index contributed by atoms with van der Waals surface area (Å²) in [5.41, 5.74) is -0.763. The molecular formula is C24H42O4. The van der Waals surface area contributed by atoms with Crippen LogP contribution in [0.15, 0.2) is 0 Å². The molecule has 2 rings (SSSR count). The van der Waals surface area contributed by atoms with Crippen LogP contribution in [0.4, 0.5) is 0 Å². The van der Waals surface area contributed by atoms with E-state index in [-0.39, 0.29) is 23.9 Å². The molecule has 0 radical (unpaired) electrons. The van der Waals surface area contributed by atoms with Gasteiger partial charge in [-0.2, -0.15) is 0 Å². The van der Waals surface area contributed by atoms with Crippen molar-refractivity contribution in [2.45, 2.75) is 105 Å². The van der Waals surface area contributed by atoms with Crippen molar-refractivity contribution in [3.63, 3.8) is 0 Å². The van der Waals surface area contributed by atoms with Crippen molar-refractivity contribution >= 4 is 17.9 Å². The molecule has 2 saturated carbocycles. The molecule has 0 saturated heterocycles. The zero-order valence-corrected chi connectivity index (χ0v) is 18.6.